The average Bonchev–Trinajstić information content (AvgIpc) is 2.57. The van der Waals surface area contributed by atoms with E-state index < -0.39 is 16.0 Å². The van der Waals surface area contributed by atoms with Gasteiger partial charge in [-0.3, -0.25) is 4.72 Å². The van der Waals surface area contributed by atoms with Crippen LogP contribution in [0, 0.1) is 0 Å². The standard InChI is InChI=1S/C17H18BrNO5S/c1-3-23-15-10-7-13(18)11-16(15)25(21,22)19-14-8-5-12(6-9-14)17(20)24-4-2/h5-11,19H,3-4H2,1-2H3. The number of halogens is 1. The molecule has 0 heterocycles. The molecule has 2 rings (SSSR count). The van der Waals surface area contributed by atoms with Crippen molar-refractivity contribution in [2.45, 2.75) is 18.7 Å². The Morgan fingerprint density at radius 1 is 1.08 bits per heavy atom. The molecular formula is C17H18BrNO5S. The van der Waals surface area contributed by atoms with Crippen LogP contribution in [-0.4, -0.2) is 27.6 Å². The maximum absolute atomic E-state index is 12.7. The number of rotatable bonds is 7. The first-order chi connectivity index (χ1) is 11.9. The minimum absolute atomic E-state index is 0.0261. The Balaban J connectivity index is 2.27. The van der Waals surface area contributed by atoms with Crippen molar-refractivity contribution >= 4 is 37.6 Å². The van der Waals surface area contributed by atoms with Crippen molar-refractivity contribution in [3.63, 3.8) is 0 Å². The Morgan fingerprint density at radius 3 is 2.36 bits per heavy atom. The Bertz CT molecular complexity index is 850. The molecule has 0 aliphatic heterocycles. The molecule has 0 saturated carbocycles. The summed E-state index contributed by atoms with van der Waals surface area (Å²) in [6.07, 6.45) is 0. The molecule has 0 saturated heterocycles. The van der Waals surface area contributed by atoms with E-state index in [-0.39, 0.29) is 17.3 Å². The van der Waals surface area contributed by atoms with Gasteiger partial charge in [0.2, 0.25) is 0 Å². The number of esters is 1. The maximum Gasteiger partial charge on any atom is 0.338 e. The number of sulfonamides is 1. The van der Waals surface area contributed by atoms with Crippen LogP contribution in [0.1, 0.15) is 24.2 Å². The van der Waals surface area contributed by atoms with Gasteiger partial charge < -0.3 is 9.47 Å². The zero-order valence-corrected chi connectivity index (χ0v) is 16.2. The molecule has 8 heteroatoms. The predicted octanol–water partition coefficient (Wildman–Crippen LogP) is 3.83. The van der Waals surface area contributed by atoms with E-state index in [1.165, 1.54) is 30.3 Å². The number of hydrogen-bond acceptors (Lipinski definition) is 5. The largest absolute Gasteiger partial charge is 0.492 e. The molecule has 1 N–H and O–H groups in total. The Hall–Kier alpha value is -2.06. The zero-order chi connectivity index (χ0) is 18.4. The van der Waals surface area contributed by atoms with Crippen LogP contribution < -0.4 is 9.46 Å². The SMILES string of the molecule is CCOC(=O)c1ccc(NS(=O)(=O)c2cc(Br)ccc2OCC)cc1. The molecule has 0 aliphatic carbocycles. The molecule has 2 aromatic carbocycles. The monoisotopic (exact) mass is 427 g/mol. The van der Waals surface area contributed by atoms with Crippen LogP contribution in [0.4, 0.5) is 5.69 Å². The summed E-state index contributed by atoms with van der Waals surface area (Å²) in [5.74, 6) is -0.191. The van der Waals surface area contributed by atoms with Crippen molar-refractivity contribution in [1.29, 1.82) is 0 Å². The van der Waals surface area contributed by atoms with E-state index in [0.717, 1.165) is 0 Å². The summed E-state index contributed by atoms with van der Waals surface area (Å²) >= 11 is 3.27. The van der Waals surface area contributed by atoms with Gasteiger partial charge in [-0.1, -0.05) is 15.9 Å². The van der Waals surface area contributed by atoms with Gasteiger partial charge in [0.05, 0.1) is 18.8 Å². The van der Waals surface area contributed by atoms with E-state index >= 15 is 0 Å². The second-order valence-electron chi connectivity index (χ2n) is 4.93. The number of ether oxygens (including phenoxy) is 2. The highest BCUT2D eigenvalue weighted by Crippen LogP contribution is 2.29. The van der Waals surface area contributed by atoms with E-state index in [2.05, 4.69) is 20.7 Å². The highest BCUT2D eigenvalue weighted by Gasteiger charge is 2.20. The summed E-state index contributed by atoms with van der Waals surface area (Å²) in [5.41, 5.74) is 0.678. The van der Waals surface area contributed by atoms with Crippen LogP contribution in [0.15, 0.2) is 51.8 Å². The van der Waals surface area contributed by atoms with Crippen molar-refractivity contribution in [3.8, 4) is 5.75 Å². The van der Waals surface area contributed by atoms with Crippen LogP contribution in [-0.2, 0) is 14.8 Å². The fourth-order valence-electron chi connectivity index (χ4n) is 2.07. The molecular weight excluding hydrogens is 410 g/mol. The molecule has 2 aromatic rings. The van der Waals surface area contributed by atoms with Gasteiger partial charge >= 0.3 is 5.97 Å². The third-order valence-corrected chi connectivity index (χ3v) is 5.04. The quantitative estimate of drug-likeness (QED) is 0.678. The molecule has 0 aliphatic rings. The van der Waals surface area contributed by atoms with Gasteiger partial charge in [0.25, 0.3) is 10.0 Å². The van der Waals surface area contributed by atoms with E-state index in [4.69, 9.17) is 9.47 Å². The average molecular weight is 428 g/mol. The lowest BCUT2D eigenvalue weighted by Gasteiger charge is -2.13. The summed E-state index contributed by atoms with van der Waals surface area (Å²) in [6, 6.07) is 10.8. The topological polar surface area (TPSA) is 81.7 Å². The normalized spacial score (nSPS) is 11.0. The molecule has 0 atom stereocenters. The summed E-state index contributed by atoms with van der Waals surface area (Å²) in [7, 11) is -3.85. The smallest absolute Gasteiger partial charge is 0.338 e. The van der Waals surface area contributed by atoms with Crippen LogP contribution in [0.25, 0.3) is 0 Å². The van der Waals surface area contributed by atoms with Crippen molar-refractivity contribution in [3.05, 3.63) is 52.5 Å². The molecule has 0 aromatic heterocycles. The first kappa shape index (κ1) is 19.3. The van der Waals surface area contributed by atoms with Crippen LogP contribution in [0.3, 0.4) is 0 Å². The zero-order valence-electron chi connectivity index (χ0n) is 13.8. The summed E-state index contributed by atoms with van der Waals surface area (Å²) in [4.78, 5) is 11.7. The summed E-state index contributed by atoms with van der Waals surface area (Å²) in [5, 5.41) is 0. The highest BCUT2D eigenvalue weighted by atomic mass is 79.9. The lowest BCUT2D eigenvalue weighted by Crippen LogP contribution is -2.15. The highest BCUT2D eigenvalue weighted by molar-refractivity contribution is 9.10. The molecule has 134 valence electrons. The lowest BCUT2D eigenvalue weighted by atomic mass is 10.2. The van der Waals surface area contributed by atoms with Crippen LogP contribution in [0.5, 0.6) is 5.75 Å². The molecule has 0 bridgehead atoms. The number of carbonyl (C=O) groups is 1. The molecule has 6 nitrogen and oxygen atoms in total. The van der Waals surface area contributed by atoms with Gasteiger partial charge in [-0.2, -0.15) is 0 Å². The molecule has 25 heavy (non-hydrogen) atoms. The van der Waals surface area contributed by atoms with Crippen LogP contribution >= 0.6 is 15.9 Å². The molecule has 0 unspecified atom stereocenters. The second-order valence-corrected chi connectivity index (χ2v) is 7.49. The van der Waals surface area contributed by atoms with Crippen molar-refractivity contribution in [2.75, 3.05) is 17.9 Å². The Morgan fingerprint density at radius 2 is 1.76 bits per heavy atom. The number of hydrogen-bond donors (Lipinski definition) is 1. The van der Waals surface area contributed by atoms with Gasteiger partial charge in [-0.15, -0.1) is 0 Å². The minimum atomic E-state index is -3.85. The van der Waals surface area contributed by atoms with Gasteiger partial charge in [-0.25, -0.2) is 13.2 Å². The summed E-state index contributed by atoms with van der Waals surface area (Å²) < 4.78 is 38.7. The van der Waals surface area contributed by atoms with Gasteiger partial charge in [0.15, 0.2) is 0 Å². The second kappa shape index (κ2) is 8.35. The van der Waals surface area contributed by atoms with E-state index in [1.54, 1.807) is 26.0 Å². The maximum atomic E-state index is 12.7. The molecule has 0 spiro atoms. The van der Waals surface area contributed by atoms with E-state index in [1.807, 2.05) is 0 Å². The number of carbonyl (C=O) groups excluding carboxylic acids is 1. The van der Waals surface area contributed by atoms with Gasteiger partial charge in [0.1, 0.15) is 10.6 Å². The third-order valence-electron chi connectivity index (χ3n) is 3.14. The number of benzene rings is 2. The lowest BCUT2D eigenvalue weighted by molar-refractivity contribution is 0.0526. The first-order valence-electron chi connectivity index (χ1n) is 7.59. The molecule has 0 radical (unpaired) electrons. The molecule has 0 amide bonds. The number of nitrogens with one attached hydrogen (secondary N) is 1. The number of anilines is 1. The predicted molar refractivity (Wildman–Crippen MR) is 98.5 cm³/mol. The molecule has 0 fully saturated rings. The van der Waals surface area contributed by atoms with Gasteiger partial charge in [0, 0.05) is 10.2 Å². The first-order valence-corrected chi connectivity index (χ1v) is 9.87. The van der Waals surface area contributed by atoms with Crippen molar-refractivity contribution < 1.29 is 22.7 Å². The minimum Gasteiger partial charge on any atom is -0.492 e. The van der Waals surface area contributed by atoms with Crippen LogP contribution in [0.2, 0.25) is 0 Å². The fourth-order valence-corrected chi connectivity index (χ4v) is 3.81. The van der Waals surface area contributed by atoms with Crippen molar-refractivity contribution in [1.82, 2.24) is 0 Å². The third kappa shape index (κ3) is 4.96. The van der Waals surface area contributed by atoms with E-state index in [0.29, 0.717) is 22.3 Å². The Kier molecular flexibility index (Phi) is 6.44. The summed E-state index contributed by atoms with van der Waals surface area (Å²) in [6.45, 7) is 4.11. The Labute approximate surface area is 155 Å². The van der Waals surface area contributed by atoms with Crippen molar-refractivity contribution in [2.24, 2.45) is 0 Å². The van der Waals surface area contributed by atoms with Gasteiger partial charge in [-0.05, 0) is 56.3 Å². The van der Waals surface area contributed by atoms with E-state index in [9.17, 15) is 13.2 Å². The fraction of sp³-hybridized carbons (Fsp3) is 0.235.